The van der Waals surface area contributed by atoms with Crippen molar-refractivity contribution < 1.29 is 19.1 Å². The number of amides is 1. The molecule has 1 aliphatic rings. The van der Waals surface area contributed by atoms with E-state index >= 15 is 0 Å². The lowest BCUT2D eigenvalue weighted by Gasteiger charge is -2.25. The van der Waals surface area contributed by atoms with Crippen molar-refractivity contribution in [1.82, 2.24) is 0 Å². The van der Waals surface area contributed by atoms with Crippen LogP contribution in [0.5, 0.6) is 5.75 Å². The molecule has 0 N–H and O–H groups in total. The van der Waals surface area contributed by atoms with E-state index in [9.17, 15) is 14.9 Å². The highest BCUT2D eigenvalue weighted by Crippen LogP contribution is 2.32. The number of methoxy groups -OCH3 is 1. The van der Waals surface area contributed by atoms with Gasteiger partial charge in [0, 0.05) is 11.7 Å². The lowest BCUT2D eigenvalue weighted by Crippen LogP contribution is -2.43. The van der Waals surface area contributed by atoms with Crippen molar-refractivity contribution in [2.45, 2.75) is 32.4 Å². The molecular formula is C23H22N2O4. The highest BCUT2D eigenvalue weighted by atomic mass is 16.5. The SMILES string of the molecule is COc1ccc(/C=C(\C#N)C(=O)O[C@H](C)C(=O)N2c3ccccc3C[C@H]2C)cc1. The van der Waals surface area contributed by atoms with Crippen LogP contribution in [0.15, 0.2) is 54.1 Å². The molecule has 1 heterocycles. The second-order valence-electron chi connectivity index (χ2n) is 6.88. The van der Waals surface area contributed by atoms with Crippen molar-refractivity contribution in [1.29, 1.82) is 5.26 Å². The molecule has 0 aliphatic carbocycles. The number of para-hydroxylation sites is 1. The number of benzene rings is 2. The molecule has 0 aromatic heterocycles. The van der Waals surface area contributed by atoms with Crippen LogP contribution in [-0.2, 0) is 20.7 Å². The molecule has 29 heavy (non-hydrogen) atoms. The van der Waals surface area contributed by atoms with Crippen molar-refractivity contribution in [3.63, 3.8) is 0 Å². The summed E-state index contributed by atoms with van der Waals surface area (Å²) in [5.41, 5.74) is 2.40. The fourth-order valence-corrected chi connectivity index (χ4v) is 3.38. The normalized spacial score (nSPS) is 16.6. The van der Waals surface area contributed by atoms with Crippen LogP contribution in [0.1, 0.15) is 25.0 Å². The zero-order chi connectivity index (χ0) is 21.0. The van der Waals surface area contributed by atoms with Gasteiger partial charge in [0.05, 0.1) is 7.11 Å². The van der Waals surface area contributed by atoms with Crippen LogP contribution >= 0.6 is 0 Å². The Bertz CT molecular complexity index is 989. The van der Waals surface area contributed by atoms with Gasteiger partial charge in [-0.15, -0.1) is 0 Å². The molecule has 2 aromatic carbocycles. The monoisotopic (exact) mass is 390 g/mol. The van der Waals surface area contributed by atoms with E-state index in [2.05, 4.69) is 0 Å². The maximum absolute atomic E-state index is 12.9. The van der Waals surface area contributed by atoms with Crippen LogP contribution in [0, 0.1) is 11.3 Å². The lowest BCUT2D eigenvalue weighted by molar-refractivity contribution is -0.149. The van der Waals surface area contributed by atoms with Crippen LogP contribution in [0.4, 0.5) is 5.69 Å². The van der Waals surface area contributed by atoms with Crippen LogP contribution in [-0.4, -0.2) is 31.1 Å². The van der Waals surface area contributed by atoms with E-state index in [-0.39, 0.29) is 17.5 Å². The molecule has 0 radical (unpaired) electrons. The maximum atomic E-state index is 12.9. The number of nitriles is 1. The Morgan fingerprint density at radius 3 is 2.55 bits per heavy atom. The number of hydrogen-bond acceptors (Lipinski definition) is 5. The van der Waals surface area contributed by atoms with E-state index in [1.54, 1.807) is 36.3 Å². The number of carbonyl (C=O) groups is 2. The summed E-state index contributed by atoms with van der Waals surface area (Å²) in [5, 5.41) is 9.35. The number of anilines is 1. The first-order valence-corrected chi connectivity index (χ1v) is 9.32. The average molecular weight is 390 g/mol. The van der Waals surface area contributed by atoms with E-state index in [1.807, 2.05) is 37.3 Å². The van der Waals surface area contributed by atoms with Gasteiger partial charge in [0.2, 0.25) is 0 Å². The van der Waals surface area contributed by atoms with Gasteiger partial charge in [-0.2, -0.15) is 5.26 Å². The van der Waals surface area contributed by atoms with Gasteiger partial charge in [0.1, 0.15) is 17.4 Å². The number of nitrogens with zero attached hydrogens (tertiary/aromatic N) is 2. The lowest BCUT2D eigenvalue weighted by atomic mass is 10.1. The summed E-state index contributed by atoms with van der Waals surface area (Å²) in [4.78, 5) is 27.0. The van der Waals surface area contributed by atoms with Gasteiger partial charge < -0.3 is 14.4 Å². The van der Waals surface area contributed by atoms with Crippen LogP contribution < -0.4 is 9.64 Å². The van der Waals surface area contributed by atoms with Gasteiger partial charge in [0.25, 0.3) is 5.91 Å². The molecule has 0 unspecified atom stereocenters. The van der Waals surface area contributed by atoms with Gasteiger partial charge in [-0.1, -0.05) is 30.3 Å². The molecule has 0 saturated heterocycles. The molecule has 0 bridgehead atoms. The Hall–Kier alpha value is -3.59. The molecule has 0 spiro atoms. The Morgan fingerprint density at radius 2 is 1.90 bits per heavy atom. The summed E-state index contributed by atoms with van der Waals surface area (Å²) in [6.45, 7) is 3.48. The number of carbonyl (C=O) groups excluding carboxylic acids is 2. The minimum atomic E-state index is -1.01. The molecule has 2 aromatic rings. The van der Waals surface area contributed by atoms with Crippen molar-refractivity contribution in [2.75, 3.05) is 12.0 Å². The van der Waals surface area contributed by atoms with Crippen molar-refractivity contribution >= 4 is 23.6 Å². The van der Waals surface area contributed by atoms with Gasteiger partial charge in [0.15, 0.2) is 6.10 Å². The Balaban J connectivity index is 1.72. The highest BCUT2D eigenvalue weighted by Gasteiger charge is 2.34. The Morgan fingerprint density at radius 1 is 1.21 bits per heavy atom. The molecule has 0 fully saturated rings. The van der Waals surface area contributed by atoms with Gasteiger partial charge >= 0.3 is 5.97 Å². The topological polar surface area (TPSA) is 79.6 Å². The fraction of sp³-hybridized carbons (Fsp3) is 0.261. The summed E-state index contributed by atoms with van der Waals surface area (Å²) in [6.07, 6.45) is 1.17. The van der Waals surface area contributed by atoms with Gasteiger partial charge in [-0.25, -0.2) is 4.79 Å². The molecule has 1 aliphatic heterocycles. The van der Waals surface area contributed by atoms with Gasteiger partial charge in [-0.05, 0) is 55.7 Å². The van der Waals surface area contributed by atoms with E-state index in [4.69, 9.17) is 9.47 Å². The van der Waals surface area contributed by atoms with E-state index < -0.39 is 12.1 Å². The molecule has 6 nitrogen and oxygen atoms in total. The zero-order valence-electron chi connectivity index (χ0n) is 16.6. The summed E-state index contributed by atoms with van der Waals surface area (Å²) in [6, 6.07) is 16.4. The summed E-state index contributed by atoms with van der Waals surface area (Å²) < 4.78 is 10.4. The molecule has 3 rings (SSSR count). The third-order valence-corrected chi connectivity index (χ3v) is 4.84. The quantitative estimate of drug-likeness (QED) is 0.443. The molecule has 2 atom stereocenters. The molecule has 6 heteroatoms. The Labute approximate surface area is 170 Å². The summed E-state index contributed by atoms with van der Waals surface area (Å²) >= 11 is 0. The first-order chi connectivity index (χ1) is 13.9. The molecular weight excluding hydrogens is 368 g/mol. The first kappa shape index (κ1) is 20.2. The predicted octanol–water partition coefficient (Wildman–Crippen LogP) is 3.51. The van der Waals surface area contributed by atoms with Crippen LogP contribution in [0.2, 0.25) is 0 Å². The second-order valence-corrected chi connectivity index (χ2v) is 6.88. The average Bonchev–Trinajstić information content (AvgIpc) is 3.07. The molecule has 1 amide bonds. The molecule has 148 valence electrons. The molecule has 0 saturated carbocycles. The van der Waals surface area contributed by atoms with Gasteiger partial charge in [-0.3, -0.25) is 4.79 Å². The van der Waals surface area contributed by atoms with E-state index in [0.29, 0.717) is 11.3 Å². The third-order valence-electron chi connectivity index (χ3n) is 4.84. The zero-order valence-corrected chi connectivity index (χ0v) is 16.6. The minimum absolute atomic E-state index is 0.0219. The number of ether oxygens (including phenoxy) is 2. The smallest absolute Gasteiger partial charge is 0.349 e. The number of hydrogen-bond donors (Lipinski definition) is 0. The Kier molecular flexibility index (Phi) is 5.99. The highest BCUT2D eigenvalue weighted by molar-refractivity contribution is 6.03. The number of fused-ring (bicyclic) bond motifs is 1. The largest absolute Gasteiger partial charge is 0.497 e. The first-order valence-electron chi connectivity index (χ1n) is 9.32. The standard InChI is InChI=1S/C23H22N2O4/c1-15-12-18-6-4-5-7-21(18)25(15)22(26)16(2)29-23(27)19(14-24)13-17-8-10-20(28-3)11-9-17/h4-11,13,15-16H,12H2,1-3H3/b19-13+/t15-,16-/m1/s1. The van der Waals surface area contributed by atoms with Crippen LogP contribution in [0.25, 0.3) is 6.08 Å². The number of rotatable bonds is 5. The maximum Gasteiger partial charge on any atom is 0.349 e. The third kappa shape index (κ3) is 4.30. The fourth-order valence-electron chi connectivity index (χ4n) is 3.38. The summed E-state index contributed by atoms with van der Waals surface area (Å²) in [7, 11) is 1.56. The summed E-state index contributed by atoms with van der Waals surface area (Å²) in [5.74, 6) is -0.468. The number of esters is 1. The van der Waals surface area contributed by atoms with Crippen LogP contribution in [0.3, 0.4) is 0 Å². The second kappa shape index (κ2) is 8.61. The van der Waals surface area contributed by atoms with Crippen molar-refractivity contribution in [3.8, 4) is 11.8 Å². The van der Waals surface area contributed by atoms with E-state index in [0.717, 1.165) is 17.7 Å². The van der Waals surface area contributed by atoms with Crippen molar-refractivity contribution in [2.24, 2.45) is 0 Å². The van der Waals surface area contributed by atoms with Crippen molar-refractivity contribution in [3.05, 3.63) is 65.2 Å². The predicted molar refractivity (Wildman–Crippen MR) is 109 cm³/mol. The van der Waals surface area contributed by atoms with E-state index in [1.165, 1.54) is 13.0 Å². The minimum Gasteiger partial charge on any atom is -0.497 e.